The summed E-state index contributed by atoms with van der Waals surface area (Å²) in [5.41, 5.74) is 6.07. The van der Waals surface area contributed by atoms with E-state index in [0.29, 0.717) is 15.6 Å². The van der Waals surface area contributed by atoms with Crippen LogP contribution < -0.4 is 5.73 Å². The summed E-state index contributed by atoms with van der Waals surface area (Å²) in [6.07, 6.45) is 0. The van der Waals surface area contributed by atoms with Crippen molar-refractivity contribution in [2.24, 2.45) is 0 Å². The number of ether oxygens (including phenoxy) is 1. The first kappa shape index (κ1) is 12.7. The van der Waals surface area contributed by atoms with Gasteiger partial charge in [-0.05, 0) is 18.2 Å². The molecule has 7 heteroatoms. The van der Waals surface area contributed by atoms with Crippen LogP contribution in [0.1, 0.15) is 10.4 Å². The zero-order valence-electron chi connectivity index (χ0n) is 9.24. The Morgan fingerprint density at radius 3 is 2.78 bits per heavy atom. The van der Waals surface area contributed by atoms with E-state index in [0.717, 1.165) is 0 Å². The summed E-state index contributed by atoms with van der Waals surface area (Å²) in [6.45, 7) is 0. The first-order valence-corrected chi connectivity index (χ1v) is 5.59. The van der Waals surface area contributed by atoms with Crippen molar-refractivity contribution in [1.82, 2.24) is 5.16 Å². The van der Waals surface area contributed by atoms with E-state index in [9.17, 15) is 4.79 Å². The second-order valence-corrected chi connectivity index (χ2v) is 4.23. The second-order valence-electron chi connectivity index (χ2n) is 3.39. The highest BCUT2D eigenvalue weighted by Crippen LogP contribution is 2.34. The molecular weight excluding hydrogens is 279 g/mol. The summed E-state index contributed by atoms with van der Waals surface area (Å²) in [6, 6.07) is 4.75. The molecule has 1 aromatic heterocycles. The molecule has 0 radical (unpaired) electrons. The molecule has 0 aliphatic carbocycles. The number of nitrogen functional groups attached to an aromatic ring is 1. The van der Waals surface area contributed by atoms with E-state index in [1.54, 1.807) is 12.1 Å². The van der Waals surface area contributed by atoms with E-state index in [-0.39, 0.29) is 17.1 Å². The van der Waals surface area contributed by atoms with Gasteiger partial charge in [0.2, 0.25) is 0 Å². The number of carbonyl (C=O) groups is 1. The van der Waals surface area contributed by atoms with Crippen LogP contribution in [0.4, 0.5) is 5.82 Å². The lowest BCUT2D eigenvalue weighted by Crippen LogP contribution is -2.05. The number of halogens is 2. The largest absolute Gasteiger partial charge is 0.465 e. The number of nitrogens with two attached hydrogens (primary N) is 1. The Kier molecular flexibility index (Phi) is 3.45. The SMILES string of the molecule is COC(=O)c1c(N)noc1-c1ccc(Cl)cc1Cl. The van der Waals surface area contributed by atoms with Crippen molar-refractivity contribution in [2.75, 3.05) is 12.8 Å². The maximum absolute atomic E-state index is 11.6. The molecule has 0 saturated heterocycles. The number of rotatable bonds is 2. The van der Waals surface area contributed by atoms with E-state index >= 15 is 0 Å². The predicted octanol–water partition coefficient (Wildman–Crippen LogP) is 3.02. The molecule has 0 aliphatic rings. The van der Waals surface area contributed by atoms with Gasteiger partial charge in [-0.15, -0.1) is 0 Å². The molecule has 5 nitrogen and oxygen atoms in total. The molecule has 0 aliphatic heterocycles. The number of benzene rings is 1. The van der Waals surface area contributed by atoms with E-state index in [2.05, 4.69) is 9.89 Å². The van der Waals surface area contributed by atoms with Crippen molar-refractivity contribution < 1.29 is 14.1 Å². The third-order valence-electron chi connectivity index (χ3n) is 2.28. The number of nitrogens with zero attached hydrogens (tertiary/aromatic N) is 1. The van der Waals surface area contributed by atoms with Crippen molar-refractivity contribution >= 4 is 35.0 Å². The van der Waals surface area contributed by atoms with Gasteiger partial charge in [0.1, 0.15) is 0 Å². The van der Waals surface area contributed by atoms with Crippen LogP contribution in [0, 0.1) is 0 Å². The van der Waals surface area contributed by atoms with E-state index in [1.165, 1.54) is 13.2 Å². The minimum absolute atomic E-state index is 0.0433. The number of carbonyl (C=O) groups excluding carboxylic acids is 1. The molecule has 0 amide bonds. The smallest absolute Gasteiger partial charge is 0.345 e. The van der Waals surface area contributed by atoms with Crippen LogP contribution in [-0.4, -0.2) is 18.2 Å². The van der Waals surface area contributed by atoms with E-state index in [4.69, 9.17) is 33.5 Å². The Morgan fingerprint density at radius 2 is 2.17 bits per heavy atom. The summed E-state index contributed by atoms with van der Waals surface area (Å²) < 4.78 is 9.63. The quantitative estimate of drug-likeness (QED) is 0.859. The van der Waals surface area contributed by atoms with Crippen molar-refractivity contribution in [3.8, 4) is 11.3 Å². The maximum atomic E-state index is 11.6. The van der Waals surface area contributed by atoms with Crippen molar-refractivity contribution in [3.63, 3.8) is 0 Å². The number of hydrogen-bond donors (Lipinski definition) is 1. The van der Waals surface area contributed by atoms with Crippen LogP contribution >= 0.6 is 23.2 Å². The highest BCUT2D eigenvalue weighted by atomic mass is 35.5. The molecule has 0 atom stereocenters. The van der Waals surface area contributed by atoms with Gasteiger partial charge < -0.3 is 15.0 Å². The molecular formula is C11H8Cl2N2O3. The standard InChI is InChI=1S/C11H8Cl2N2O3/c1-17-11(16)8-9(18-15-10(8)14)6-3-2-5(12)4-7(6)13/h2-4H,1H3,(H2,14,15). The summed E-state index contributed by atoms with van der Waals surface area (Å²) in [5, 5.41) is 4.33. The van der Waals surface area contributed by atoms with Crippen LogP contribution in [-0.2, 0) is 4.74 Å². The van der Waals surface area contributed by atoms with Gasteiger partial charge in [0.05, 0.1) is 12.1 Å². The maximum Gasteiger partial charge on any atom is 0.345 e. The first-order chi connectivity index (χ1) is 8.54. The Hall–Kier alpha value is -1.72. The van der Waals surface area contributed by atoms with Crippen molar-refractivity contribution in [2.45, 2.75) is 0 Å². The summed E-state index contributed by atoms with van der Waals surface area (Å²) in [5.74, 6) is -0.543. The fourth-order valence-electron chi connectivity index (χ4n) is 1.46. The molecule has 2 rings (SSSR count). The fourth-order valence-corrected chi connectivity index (χ4v) is 1.95. The zero-order chi connectivity index (χ0) is 13.3. The normalized spacial score (nSPS) is 10.4. The molecule has 2 aromatic rings. The van der Waals surface area contributed by atoms with Gasteiger partial charge in [-0.1, -0.05) is 28.4 Å². The summed E-state index contributed by atoms with van der Waals surface area (Å²) in [7, 11) is 1.24. The number of esters is 1. The van der Waals surface area contributed by atoms with Gasteiger partial charge in [-0.2, -0.15) is 0 Å². The highest BCUT2D eigenvalue weighted by Gasteiger charge is 2.24. The monoisotopic (exact) mass is 286 g/mol. The third-order valence-corrected chi connectivity index (χ3v) is 2.83. The molecule has 2 N–H and O–H groups in total. The Bertz CT molecular complexity index is 610. The molecule has 0 unspecified atom stereocenters. The van der Waals surface area contributed by atoms with Crippen LogP contribution in [0.2, 0.25) is 10.0 Å². The number of methoxy groups -OCH3 is 1. The van der Waals surface area contributed by atoms with Crippen LogP contribution in [0.3, 0.4) is 0 Å². The van der Waals surface area contributed by atoms with Gasteiger partial charge >= 0.3 is 5.97 Å². The Labute approximate surface area is 112 Å². The lowest BCUT2D eigenvalue weighted by molar-refractivity contribution is 0.0602. The second kappa shape index (κ2) is 4.88. The number of hydrogen-bond acceptors (Lipinski definition) is 5. The van der Waals surface area contributed by atoms with E-state index in [1.807, 2.05) is 0 Å². The molecule has 1 aromatic carbocycles. The zero-order valence-corrected chi connectivity index (χ0v) is 10.7. The Morgan fingerprint density at radius 1 is 1.44 bits per heavy atom. The Balaban J connectivity index is 2.61. The van der Waals surface area contributed by atoms with Crippen LogP contribution in [0.25, 0.3) is 11.3 Å². The lowest BCUT2D eigenvalue weighted by Gasteiger charge is -2.03. The number of aromatic nitrogens is 1. The summed E-state index contributed by atoms with van der Waals surface area (Å²) >= 11 is 11.8. The van der Waals surface area contributed by atoms with Gasteiger partial charge in [0.15, 0.2) is 17.1 Å². The minimum Gasteiger partial charge on any atom is -0.465 e. The van der Waals surface area contributed by atoms with Crippen LogP contribution in [0.15, 0.2) is 22.7 Å². The third kappa shape index (κ3) is 2.14. The molecule has 0 fully saturated rings. The van der Waals surface area contributed by atoms with Gasteiger partial charge in [0, 0.05) is 10.6 Å². The predicted molar refractivity (Wildman–Crippen MR) is 67.7 cm³/mol. The van der Waals surface area contributed by atoms with Crippen molar-refractivity contribution in [1.29, 1.82) is 0 Å². The number of anilines is 1. The molecule has 94 valence electrons. The average Bonchev–Trinajstić information content (AvgIpc) is 2.70. The molecule has 0 spiro atoms. The minimum atomic E-state index is -0.644. The molecule has 18 heavy (non-hydrogen) atoms. The van der Waals surface area contributed by atoms with E-state index < -0.39 is 5.97 Å². The molecule has 1 heterocycles. The topological polar surface area (TPSA) is 78.4 Å². The van der Waals surface area contributed by atoms with Crippen LogP contribution in [0.5, 0.6) is 0 Å². The fraction of sp³-hybridized carbons (Fsp3) is 0.0909. The lowest BCUT2D eigenvalue weighted by atomic mass is 10.1. The average molecular weight is 287 g/mol. The van der Waals surface area contributed by atoms with Gasteiger partial charge in [-0.3, -0.25) is 0 Å². The highest BCUT2D eigenvalue weighted by molar-refractivity contribution is 6.36. The molecule has 0 bridgehead atoms. The first-order valence-electron chi connectivity index (χ1n) is 4.83. The molecule has 0 saturated carbocycles. The van der Waals surface area contributed by atoms with Gasteiger partial charge in [-0.25, -0.2) is 4.79 Å². The van der Waals surface area contributed by atoms with Crippen molar-refractivity contribution in [3.05, 3.63) is 33.8 Å². The van der Waals surface area contributed by atoms with Gasteiger partial charge in [0.25, 0.3) is 0 Å². The summed E-state index contributed by atoms with van der Waals surface area (Å²) in [4.78, 5) is 11.6.